The number of rotatable bonds is 7. The van der Waals surface area contributed by atoms with E-state index in [1.54, 1.807) is 44.3 Å². The number of halogens is 4. The molecule has 10 heteroatoms. The lowest BCUT2D eigenvalue weighted by atomic mass is 9.93. The minimum absolute atomic E-state index is 0.0992. The molecule has 3 aromatic rings. The van der Waals surface area contributed by atoms with Crippen LogP contribution in [0.2, 0.25) is 5.02 Å². The first-order valence-corrected chi connectivity index (χ1v) is 9.67. The van der Waals surface area contributed by atoms with Gasteiger partial charge in [0.25, 0.3) is 0 Å². The summed E-state index contributed by atoms with van der Waals surface area (Å²) < 4.78 is 45.2. The lowest BCUT2D eigenvalue weighted by Gasteiger charge is -2.27. The molecule has 0 aliphatic rings. The number of amides is 1. The minimum Gasteiger partial charge on any atom is -0.487 e. The van der Waals surface area contributed by atoms with Crippen LogP contribution in [0.25, 0.3) is 0 Å². The molecule has 0 spiro atoms. The number of benzene rings is 2. The highest BCUT2D eigenvalue weighted by atomic mass is 35.5. The molecule has 1 heterocycles. The molecule has 0 unspecified atom stereocenters. The first kappa shape index (κ1) is 22.6. The molecule has 0 aliphatic carbocycles. The highest BCUT2D eigenvalue weighted by molar-refractivity contribution is 6.30. The van der Waals surface area contributed by atoms with Crippen LogP contribution in [0.5, 0.6) is 5.75 Å². The molecule has 0 aliphatic heterocycles. The van der Waals surface area contributed by atoms with Crippen LogP contribution in [0.4, 0.5) is 13.2 Å². The quantitative estimate of drug-likeness (QED) is 0.569. The fourth-order valence-electron chi connectivity index (χ4n) is 2.85. The fraction of sp³-hybridized carbons (Fsp3) is 0.286. The van der Waals surface area contributed by atoms with Gasteiger partial charge in [0.15, 0.2) is 0 Å². The fourth-order valence-corrected chi connectivity index (χ4v) is 2.98. The van der Waals surface area contributed by atoms with E-state index in [0.29, 0.717) is 22.0 Å². The molecule has 2 aromatic carbocycles. The molecule has 1 amide bonds. The van der Waals surface area contributed by atoms with Crippen molar-refractivity contribution in [3.8, 4) is 5.75 Å². The molecule has 3 rings (SSSR count). The number of hydrogen-bond donors (Lipinski definition) is 1. The van der Waals surface area contributed by atoms with Crippen molar-refractivity contribution in [1.82, 2.24) is 20.3 Å². The van der Waals surface area contributed by atoms with Gasteiger partial charge in [-0.25, -0.2) is 4.68 Å². The number of nitrogens with one attached hydrogen (secondary N) is 1. The SMILES string of the molecule is CC(C)(NC(=O)Cn1cc(COc2ccc(Cl)cc2)nn1)c1ccc(C(F)(F)F)cc1. The first-order chi connectivity index (χ1) is 14.5. The summed E-state index contributed by atoms with van der Waals surface area (Å²) in [5.41, 5.74) is -0.536. The topological polar surface area (TPSA) is 69.0 Å². The predicted molar refractivity (Wildman–Crippen MR) is 108 cm³/mol. The number of carbonyl (C=O) groups excluding carboxylic acids is 1. The molecule has 164 valence electrons. The second kappa shape index (κ2) is 8.97. The normalized spacial score (nSPS) is 11.9. The van der Waals surface area contributed by atoms with E-state index in [2.05, 4.69) is 15.6 Å². The average Bonchev–Trinajstić information content (AvgIpc) is 3.13. The van der Waals surface area contributed by atoms with E-state index in [4.69, 9.17) is 16.3 Å². The predicted octanol–water partition coefficient (Wildman–Crippen LogP) is 4.58. The molecule has 0 fully saturated rings. The molecule has 0 saturated heterocycles. The zero-order valence-electron chi connectivity index (χ0n) is 16.8. The third-order valence-electron chi connectivity index (χ3n) is 4.48. The van der Waals surface area contributed by atoms with Crippen molar-refractivity contribution in [3.05, 3.63) is 76.6 Å². The van der Waals surface area contributed by atoms with Crippen molar-refractivity contribution in [2.24, 2.45) is 0 Å². The van der Waals surface area contributed by atoms with Gasteiger partial charge in [-0.3, -0.25) is 4.79 Å². The number of ether oxygens (including phenoxy) is 1. The maximum atomic E-state index is 12.7. The van der Waals surface area contributed by atoms with Gasteiger partial charge >= 0.3 is 6.18 Å². The Balaban J connectivity index is 1.55. The lowest BCUT2D eigenvalue weighted by molar-refractivity contribution is -0.137. The van der Waals surface area contributed by atoms with Crippen molar-refractivity contribution in [2.75, 3.05) is 0 Å². The van der Waals surface area contributed by atoms with Gasteiger partial charge in [-0.15, -0.1) is 5.10 Å². The van der Waals surface area contributed by atoms with Crippen LogP contribution in [0.15, 0.2) is 54.7 Å². The largest absolute Gasteiger partial charge is 0.487 e. The average molecular weight is 453 g/mol. The van der Waals surface area contributed by atoms with Gasteiger partial charge in [-0.2, -0.15) is 13.2 Å². The van der Waals surface area contributed by atoms with Crippen molar-refractivity contribution in [2.45, 2.75) is 38.7 Å². The molecule has 6 nitrogen and oxygen atoms in total. The third kappa shape index (κ3) is 6.21. The Labute approximate surface area is 182 Å². The van der Waals surface area contributed by atoms with Gasteiger partial charge in [0.05, 0.1) is 17.3 Å². The molecule has 0 bridgehead atoms. The van der Waals surface area contributed by atoms with Crippen molar-refractivity contribution in [3.63, 3.8) is 0 Å². The van der Waals surface area contributed by atoms with Gasteiger partial charge in [-0.1, -0.05) is 28.9 Å². The van der Waals surface area contributed by atoms with Gasteiger partial charge in [0.2, 0.25) is 5.91 Å². The van der Waals surface area contributed by atoms with Crippen molar-refractivity contribution < 1.29 is 22.7 Å². The van der Waals surface area contributed by atoms with Crippen LogP contribution >= 0.6 is 11.6 Å². The Morgan fingerprint density at radius 2 is 1.68 bits per heavy atom. The Morgan fingerprint density at radius 3 is 2.29 bits per heavy atom. The van der Waals surface area contributed by atoms with E-state index in [1.165, 1.54) is 16.8 Å². The van der Waals surface area contributed by atoms with Crippen LogP contribution in [-0.4, -0.2) is 20.9 Å². The van der Waals surface area contributed by atoms with E-state index in [0.717, 1.165) is 12.1 Å². The Kier molecular flexibility index (Phi) is 6.54. The van der Waals surface area contributed by atoms with Crippen LogP contribution < -0.4 is 10.1 Å². The summed E-state index contributed by atoms with van der Waals surface area (Å²) in [6.07, 6.45) is -2.82. The Hall–Kier alpha value is -3.07. The minimum atomic E-state index is -4.41. The number of alkyl halides is 3. The molecular formula is C21H20ClF3N4O2. The molecule has 31 heavy (non-hydrogen) atoms. The monoisotopic (exact) mass is 452 g/mol. The highest BCUT2D eigenvalue weighted by Crippen LogP contribution is 2.30. The standard InChI is InChI=1S/C21H20ClF3N4O2/c1-20(2,14-3-5-15(6-4-14)21(23,24)25)26-19(30)12-29-11-17(27-28-29)13-31-18-9-7-16(22)8-10-18/h3-11H,12-13H2,1-2H3,(H,26,30). The van der Waals surface area contributed by atoms with Crippen LogP contribution in [-0.2, 0) is 29.7 Å². The highest BCUT2D eigenvalue weighted by Gasteiger charge is 2.31. The lowest BCUT2D eigenvalue weighted by Crippen LogP contribution is -2.42. The zero-order valence-corrected chi connectivity index (χ0v) is 17.5. The van der Waals surface area contributed by atoms with Crippen LogP contribution in [0.1, 0.15) is 30.7 Å². The smallest absolute Gasteiger partial charge is 0.416 e. The first-order valence-electron chi connectivity index (χ1n) is 9.29. The maximum Gasteiger partial charge on any atom is 0.416 e. The van der Waals surface area contributed by atoms with Gasteiger partial charge in [0.1, 0.15) is 24.6 Å². The number of carbonyl (C=O) groups is 1. The summed E-state index contributed by atoms with van der Waals surface area (Å²) >= 11 is 5.83. The molecule has 0 atom stereocenters. The van der Waals surface area contributed by atoms with Crippen molar-refractivity contribution >= 4 is 17.5 Å². The van der Waals surface area contributed by atoms with E-state index in [-0.39, 0.29) is 19.1 Å². The van der Waals surface area contributed by atoms with E-state index >= 15 is 0 Å². The molecule has 1 aromatic heterocycles. The number of hydrogen-bond acceptors (Lipinski definition) is 4. The summed E-state index contributed by atoms with van der Waals surface area (Å²) in [7, 11) is 0. The summed E-state index contributed by atoms with van der Waals surface area (Å²) in [6.45, 7) is 3.48. The van der Waals surface area contributed by atoms with Crippen molar-refractivity contribution in [1.29, 1.82) is 0 Å². The Bertz CT molecular complexity index is 1030. The van der Waals surface area contributed by atoms with E-state index < -0.39 is 17.3 Å². The maximum absolute atomic E-state index is 12.7. The second-order valence-electron chi connectivity index (χ2n) is 7.40. The van der Waals surface area contributed by atoms with Gasteiger partial charge in [-0.05, 0) is 55.8 Å². The third-order valence-corrected chi connectivity index (χ3v) is 4.73. The molecule has 1 N–H and O–H groups in total. The molecule has 0 saturated carbocycles. The second-order valence-corrected chi connectivity index (χ2v) is 7.83. The summed E-state index contributed by atoms with van der Waals surface area (Å²) in [5, 5.41) is 11.3. The van der Waals surface area contributed by atoms with Gasteiger partial charge in [0, 0.05) is 5.02 Å². The zero-order chi connectivity index (χ0) is 22.6. The van der Waals surface area contributed by atoms with Crippen LogP contribution in [0.3, 0.4) is 0 Å². The van der Waals surface area contributed by atoms with E-state index in [1.807, 2.05) is 0 Å². The molecule has 0 radical (unpaired) electrons. The summed E-state index contributed by atoms with van der Waals surface area (Å²) in [6, 6.07) is 11.6. The molecular weight excluding hydrogens is 433 g/mol. The number of nitrogens with zero attached hydrogens (tertiary/aromatic N) is 3. The van der Waals surface area contributed by atoms with E-state index in [9.17, 15) is 18.0 Å². The Morgan fingerprint density at radius 1 is 1.06 bits per heavy atom. The number of aromatic nitrogens is 3. The van der Waals surface area contributed by atoms with Crippen LogP contribution in [0, 0.1) is 0 Å². The summed E-state index contributed by atoms with van der Waals surface area (Å²) in [5.74, 6) is 0.259. The summed E-state index contributed by atoms with van der Waals surface area (Å²) in [4.78, 5) is 12.4. The van der Waals surface area contributed by atoms with Gasteiger partial charge < -0.3 is 10.1 Å².